The van der Waals surface area contributed by atoms with E-state index in [0.29, 0.717) is 18.7 Å². The third kappa shape index (κ3) is 4.86. The number of carbonyl (C=O) groups excluding carboxylic acids is 1. The van der Waals surface area contributed by atoms with Crippen LogP contribution in [0.1, 0.15) is 28.8 Å². The maximum Gasteiger partial charge on any atom is 0.254 e. The van der Waals surface area contributed by atoms with Crippen molar-refractivity contribution in [3.63, 3.8) is 0 Å². The van der Waals surface area contributed by atoms with Crippen LogP contribution in [0.25, 0.3) is 0 Å². The third-order valence-corrected chi connectivity index (χ3v) is 5.18. The van der Waals surface area contributed by atoms with E-state index in [2.05, 4.69) is 45.1 Å². The minimum atomic E-state index is 0.0460. The van der Waals surface area contributed by atoms with Gasteiger partial charge in [-0.1, -0.05) is 28.1 Å². The number of benzene rings is 2. The van der Waals surface area contributed by atoms with Gasteiger partial charge in [0.15, 0.2) is 0 Å². The van der Waals surface area contributed by atoms with E-state index in [4.69, 9.17) is 4.74 Å². The summed E-state index contributed by atoms with van der Waals surface area (Å²) in [6, 6.07) is 15.9. The van der Waals surface area contributed by atoms with Crippen LogP contribution < -0.4 is 4.90 Å². The number of carbonyl (C=O) groups is 1. The molecular formula is C21H25BrN2O2. The molecule has 5 heteroatoms. The third-order valence-electron chi connectivity index (χ3n) is 4.65. The van der Waals surface area contributed by atoms with Gasteiger partial charge in [-0.25, -0.2) is 0 Å². The van der Waals surface area contributed by atoms with Gasteiger partial charge in [-0.15, -0.1) is 0 Å². The van der Waals surface area contributed by atoms with Gasteiger partial charge in [-0.2, -0.15) is 0 Å². The Hall–Kier alpha value is -1.85. The molecule has 3 rings (SSSR count). The summed E-state index contributed by atoms with van der Waals surface area (Å²) in [5, 5.41) is 0. The van der Waals surface area contributed by atoms with E-state index in [-0.39, 0.29) is 12.0 Å². The first-order valence-electron chi connectivity index (χ1n) is 8.95. The maximum absolute atomic E-state index is 13.1. The van der Waals surface area contributed by atoms with Gasteiger partial charge in [0.05, 0.1) is 6.10 Å². The topological polar surface area (TPSA) is 32.8 Å². The molecule has 1 saturated heterocycles. The lowest BCUT2D eigenvalue weighted by atomic mass is 10.1. The van der Waals surface area contributed by atoms with Gasteiger partial charge in [-0.3, -0.25) is 4.79 Å². The first kappa shape index (κ1) is 18.9. The number of hydrogen-bond acceptors (Lipinski definition) is 3. The molecule has 4 nitrogen and oxygen atoms in total. The van der Waals surface area contributed by atoms with Gasteiger partial charge >= 0.3 is 0 Å². The largest absolute Gasteiger partial charge is 0.378 e. The van der Waals surface area contributed by atoms with Crippen molar-refractivity contribution in [2.45, 2.75) is 25.5 Å². The number of anilines is 1. The molecule has 1 heterocycles. The first-order chi connectivity index (χ1) is 12.5. The molecule has 0 N–H and O–H groups in total. The predicted octanol–water partition coefficient (Wildman–Crippen LogP) is 4.34. The van der Waals surface area contributed by atoms with Crippen LogP contribution in [0.3, 0.4) is 0 Å². The average molecular weight is 417 g/mol. The van der Waals surface area contributed by atoms with Gasteiger partial charge in [0.1, 0.15) is 0 Å². The van der Waals surface area contributed by atoms with Gasteiger partial charge < -0.3 is 14.5 Å². The number of ether oxygens (including phenoxy) is 1. The summed E-state index contributed by atoms with van der Waals surface area (Å²) < 4.78 is 6.74. The van der Waals surface area contributed by atoms with Gasteiger partial charge in [0.25, 0.3) is 5.91 Å². The second-order valence-electron chi connectivity index (χ2n) is 6.89. The zero-order valence-electron chi connectivity index (χ0n) is 15.3. The van der Waals surface area contributed by atoms with E-state index in [1.54, 1.807) is 0 Å². The van der Waals surface area contributed by atoms with Crippen LogP contribution in [0.15, 0.2) is 53.0 Å². The van der Waals surface area contributed by atoms with Crippen molar-refractivity contribution < 1.29 is 9.53 Å². The monoisotopic (exact) mass is 416 g/mol. The summed E-state index contributed by atoms with van der Waals surface area (Å²) in [5.74, 6) is 0.0460. The fourth-order valence-corrected chi connectivity index (χ4v) is 3.41. The molecule has 0 aromatic heterocycles. The van der Waals surface area contributed by atoms with Crippen LogP contribution in [0.4, 0.5) is 5.69 Å². The molecule has 138 valence electrons. The molecule has 0 radical (unpaired) electrons. The summed E-state index contributed by atoms with van der Waals surface area (Å²) in [6.45, 7) is 2.01. The Bertz CT molecular complexity index is 723. The highest BCUT2D eigenvalue weighted by atomic mass is 79.9. The Morgan fingerprint density at radius 3 is 2.38 bits per heavy atom. The Kier molecular flexibility index (Phi) is 6.33. The quantitative estimate of drug-likeness (QED) is 0.701. The molecule has 1 fully saturated rings. The van der Waals surface area contributed by atoms with Crippen LogP contribution in [0, 0.1) is 0 Å². The van der Waals surface area contributed by atoms with Crippen molar-refractivity contribution >= 4 is 27.5 Å². The van der Waals surface area contributed by atoms with E-state index in [1.165, 1.54) is 0 Å². The number of halogens is 1. The van der Waals surface area contributed by atoms with Crippen molar-refractivity contribution in [3.05, 3.63) is 64.1 Å². The van der Waals surface area contributed by atoms with E-state index in [0.717, 1.165) is 35.2 Å². The standard InChI is InChI=1S/C21H25BrN2O2/c1-23(2)19-11-5-16(6-12-19)14-24(15-20-4-3-13-26-20)21(25)17-7-9-18(22)10-8-17/h5-12,20H,3-4,13-15H2,1-2H3/t20-/m1/s1. The molecule has 0 bridgehead atoms. The molecule has 2 aromatic carbocycles. The zero-order chi connectivity index (χ0) is 18.5. The van der Waals surface area contributed by atoms with Gasteiger partial charge in [0, 0.05) is 49.5 Å². The van der Waals surface area contributed by atoms with Crippen molar-refractivity contribution in [2.75, 3.05) is 32.1 Å². The number of nitrogens with zero attached hydrogens (tertiary/aromatic N) is 2. The fraction of sp³-hybridized carbons (Fsp3) is 0.381. The lowest BCUT2D eigenvalue weighted by Gasteiger charge is -2.26. The molecule has 0 saturated carbocycles. The average Bonchev–Trinajstić information content (AvgIpc) is 3.15. The second-order valence-corrected chi connectivity index (χ2v) is 7.80. The highest BCUT2D eigenvalue weighted by molar-refractivity contribution is 9.10. The number of rotatable bonds is 6. The van der Waals surface area contributed by atoms with Crippen molar-refractivity contribution in [1.29, 1.82) is 0 Å². The predicted molar refractivity (Wildman–Crippen MR) is 109 cm³/mol. The van der Waals surface area contributed by atoms with Gasteiger partial charge in [-0.05, 0) is 54.8 Å². The first-order valence-corrected chi connectivity index (χ1v) is 9.75. The highest BCUT2D eigenvalue weighted by Crippen LogP contribution is 2.20. The Labute approximate surface area is 163 Å². The minimum Gasteiger partial charge on any atom is -0.378 e. The number of amides is 1. The van der Waals surface area contributed by atoms with Crippen molar-refractivity contribution in [1.82, 2.24) is 4.90 Å². The molecule has 2 aromatic rings. The lowest BCUT2D eigenvalue weighted by Crippen LogP contribution is -2.37. The Morgan fingerprint density at radius 1 is 1.12 bits per heavy atom. The van der Waals surface area contributed by atoms with Crippen LogP contribution in [0.2, 0.25) is 0 Å². The van der Waals surface area contributed by atoms with Crippen molar-refractivity contribution in [3.8, 4) is 0 Å². The summed E-state index contributed by atoms with van der Waals surface area (Å²) in [7, 11) is 4.05. The highest BCUT2D eigenvalue weighted by Gasteiger charge is 2.23. The van der Waals surface area contributed by atoms with Gasteiger partial charge in [0.2, 0.25) is 0 Å². The minimum absolute atomic E-state index is 0.0460. The van der Waals surface area contributed by atoms with Crippen LogP contribution in [0.5, 0.6) is 0 Å². The summed E-state index contributed by atoms with van der Waals surface area (Å²) in [5.41, 5.74) is 2.98. The molecular weight excluding hydrogens is 392 g/mol. The molecule has 0 aliphatic carbocycles. The summed E-state index contributed by atoms with van der Waals surface area (Å²) in [4.78, 5) is 17.0. The van der Waals surface area contributed by atoms with Crippen molar-refractivity contribution in [2.24, 2.45) is 0 Å². The number of hydrogen-bond donors (Lipinski definition) is 0. The van der Waals surface area contributed by atoms with Crippen LogP contribution in [-0.2, 0) is 11.3 Å². The Morgan fingerprint density at radius 2 is 1.81 bits per heavy atom. The zero-order valence-corrected chi connectivity index (χ0v) is 16.9. The van der Waals surface area contributed by atoms with Crippen LogP contribution >= 0.6 is 15.9 Å². The molecule has 1 atom stereocenters. The lowest BCUT2D eigenvalue weighted by molar-refractivity contribution is 0.0507. The molecule has 1 amide bonds. The fourth-order valence-electron chi connectivity index (χ4n) is 3.15. The smallest absolute Gasteiger partial charge is 0.254 e. The Balaban J connectivity index is 1.77. The van der Waals surface area contributed by atoms with E-state index in [1.807, 2.05) is 43.3 Å². The molecule has 26 heavy (non-hydrogen) atoms. The second kappa shape index (κ2) is 8.69. The normalized spacial score (nSPS) is 16.5. The molecule has 1 aliphatic heterocycles. The maximum atomic E-state index is 13.1. The molecule has 0 spiro atoms. The van der Waals surface area contributed by atoms with E-state index < -0.39 is 0 Å². The summed E-state index contributed by atoms with van der Waals surface area (Å²) >= 11 is 3.43. The SMILES string of the molecule is CN(C)c1ccc(CN(C[C@H]2CCCO2)C(=O)c2ccc(Br)cc2)cc1. The van der Waals surface area contributed by atoms with Crippen LogP contribution in [-0.4, -0.2) is 44.2 Å². The molecule has 1 aliphatic rings. The van der Waals surface area contributed by atoms with E-state index in [9.17, 15) is 4.79 Å². The summed E-state index contributed by atoms with van der Waals surface area (Å²) in [6.07, 6.45) is 2.22. The van der Waals surface area contributed by atoms with E-state index >= 15 is 0 Å². The molecule has 0 unspecified atom stereocenters.